The number of nitrogens with one attached hydrogen (secondary N) is 1. The first-order valence-electron chi connectivity index (χ1n) is 7.95. The molecule has 0 radical (unpaired) electrons. The van der Waals surface area contributed by atoms with Crippen molar-refractivity contribution in [1.29, 1.82) is 0 Å². The standard InChI is InChI=1S/C17H26ClNO2/c18-16-7-5-15(6-8-16)12-21-13-17(20)11-19-10-9-14-3-1-2-4-14/h5-8,14,17,19-20H,1-4,9-13H2. The number of halogens is 1. The largest absolute Gasteiger partial charge is 0.389 e. The zero-order valence-electron chi connectivity index (χ0n) is 12.6. The van der Waals surface area contributed by atoms with Crippen LogP contribution in [0.1, 0.15) is 37.7 Å². The highest BCUT2D eigenvalue weighted by Crippen LogP contribution is 2.26. The second-order valence-electron chi connectivity index (χ2n) is 5.94. The van der Waals surface area contributed by atoms with Crippen molar-refractivity contribution in [3.05, 3.63) is 34.9 Å². The maximum Gasteiger partial charge on any atom is 0.0897 e. The van der Waals surface area contributed by atoms with E-state index in [-0.39, 0.29) is 0 Å². The molecule has 1 fully saturated rings. The van der Waals surface area contributed by atoms with Gasteiger partial charge in [0.25, 0.3) is 0 Å². The number of rotatable bonds is 9. The molecule has 118 valence electrons. The molecule has 0 heterocycles. The molecule has 1 unspecified atom stereocenters. The van der Waals surface area contributed by atoms with E-state index in [4.69, 9.17) is 16.3 Å². The minimum atomic E-state index is -0.444. The second-order valence-corrected chi connectivity index (χ2v) is 6.38. The summed E-state index contributed by atoms with van der Waals surface area (Å²) in [4.78, 5) is 0. The van der Waals surface area contributed by atoms with E-state index in [1.807, 2.05) is 24.3 Å². The zero-order chi connectivity index (χ0) is 14.9. The molecule has 0 saturated heterocycles. The summed E-state index contributed by atoms with van der Waals surface area (Å²) in [5, 5.41) is 13.9. The minimum absolute atomic E-state index is 0.360. The lowest BCUT2D eigenvalue weighted by Gasteiger charge is -2.14. The lowest BCUT2D eigenvalue weighted by molar-refractivity contribution is 0.0288. The van der Waals surface area contributed by atoms with Crippen LogP contribution in [0.5, 0.6) is 0 Å². The molecule has 0 aromatic heterocycles. The highest BCUT2D eigenvalue weighted by Gasteiger charge is 2.14. The molecule has 2 rings (SSSR count). The number of benzene rings is 1. The molecule has 21 heavy (non-hydrogen) atoms. The highest BCUT2D eigenvalue weighted by molar-refractivity contribution is 6.30. The van der Waals surface area contributed by atoms with Crippen molar-refractivity contribution in [3.63, 3.8) is 0 Å². The van der Waals surface area contributed by atoms with Crippen molar-refractivity contribution >= 4 is 11.6 Å². The maximum absolute atomic E-state index is 9.85. The van der Waals surface area contributed by atoms with Gasteiger partial charge in [-0.05, 0) is 36.6 Å². The molecule has 2 N–H and O–H groups in total. The van der Waals surface area contributed by atoms with Crippen molar-refractivity contribution in [2.24, 2.45) is 5.92 Å². The van der Waals surface area contributed by atoms with Gasteiger partial charge in [0, 0.05) is 11.6 Å². The fourth-order valence-corrected chi connectivity index (χ4v) is 2.95. The van der Waals surface area contributed by atoms with Crippen LogP contribution in [0.4, 0.5) is 0 Å². The molecule has 0 aliphatic heterocycles. The summed E-state index contributed by atoms with van der Waals surface area (Å²) in [5.41, 5.74) is 1.07. The molecule has 0 spiro atoms. The van der Waals surface area contributed by atoms with E-state index in [0.29, 0.717) is 19.8 Å². The zero-order valence-corrected chi connectivity index (χ0v) is 13.3. The summed E-state index contributed by atoms with van der Waals surface area (Å²) < 4.78 is 5.52. The number of aliphatic hydroxyl groups excluding tert-OH is 1. The van der Waals surface area contributed by atoms with Crippen LogP contribution >= 0.6 is 11.6 Å². The van der Waals surface area contributed by atoms with Gasteiger partial charge >= 0.3 is 0 Å². The van der Waals surface area contributed by atoms with Crippen LogP contribution in [0, 0.1) is 5.92 Å². The second kappa shape index (κ2) is 9.42. The van der Waals surface area contributed by atoms with Crippen molar-refractivity contribution in [2.45, 2.75) is 44.8 Å². The molecule has 1 saturated carbocycles. The first-order valence-corrected chi connectivity index (χ1v) is 8.33. The van der Waals surface area contributed by atoms with E-state index in [0.717, 1.165) is 23.0 Å². The van der Waals surface area contributed by atoms with Crippen molar-refractivity contribution < 1.29 is 9.84 Å². The van der Waals surface area contributed by atoms with Gasteiger partial charge in [-0.15, -0.1) is 0 Å². The van der Waals surface area contributed by atoms with Crippen LogP contribution in [0.2, 0.25) is 5.02 Å². The van der Waals surface area contributed by atoms with Gasteiger partial charge in [0.05, 0.1) is 19.3 Å². The third-order valence-corrected chi connectivity index (χ3v) is 4.33. The van der Waals surface area contributed by atoms with Gasteiger partial charge in [0.15, 0.2) is 0 Å². The molecular formula is C17H26ClNO2. The highest BCUT2D eigenvalue weighted by atomic mass is 35.5. The summed E-state index contributed by atoms with van der Waals surface area (Å²) in [7, 11) is 0. The van der Waals surface area contributed by atoms with Gasteiger partial charge in [0.1, 0.15) is 0 Å². The monoisotopic (exact) mass is 311 g/mol. The van der Waals surface area contributed by atoms with E-state index < -0.39 is 6.10 Å². The van der Waals surface area contributed by atoms with Crippen LogP contribution in [0.25, 0.3) is 0 Å². The first-order chi connectivity index (χ1) is 10.2. The number of aliphatic hydroxyl groups is 1. The van der Waals surface area contributed by atoms with Crippen LogP contribution in [-0.2, 0) is 11.3 Å². The van der Waals surface area contributed by atoms with Gasteiger partial charge in [-0.3, -0.25) is 0 Å². The van der Waals surface area contributed by atoms with Crippen LogP contribution in [0.3, 0.4) is 0 Å². The predicted molar refractivity (Wildman–Crippen MR) is 86.6 cm³/mol. The number of hydrogen-bond acceptors (Lipinski definition) is 3. The van der Waals surface area contributed by atoms with Gasteiger partial charge in [0.2, 0.25) is 0 Å². The Morgan fingerprint density at radius 2 is 1.95 bits per heavy atom. The van der Waals surface area contributed by atoms with Gasteiger partial charge < -0.3 is 15.2 Å². The molecule has 4 heteroatoms. The van der Waals surface area contributed by atoms with E-state index in [2.05, 4.69) is 5.32 Å². The van der Waals surface area contributed by atoms with E-state index >= 15 is 0 Å². The summed E-state index contributed by atoms with van der Waals surface area (Å²) in [6, 6.07) is 7.58. The molecular weight excluding hydrogens is 286 g/mol. The molecule has 0 amide bonds. The fraction of sp³-hybridized carbons (Fsp3) is 0.647. The summed E-state index contributed by atoms with van der Waals surface area (Å²) in [6.45, 7) is 2.47. The predicted octanol–water partition coefficient (Wildman–Crippen LogP) is 3.39. The lowest BCUT2D eigenvalue weighted by atomic mass is 10.0. The quantitative estimate of drug-likeness (QED) is 0.687. The van der Waals surface area contributed by atoms with E-state index in [1.54, 1.807) is 0 Å². The molecule has 1 aromatic carbocycles. The van der Waals surface area contributed by atoms with Gasteiger partial charge in [-0.2, -0.15) is 0 Å². The maximum atomic E-state index is 9.85. The smallest absolute Gasteiger partial charge is 0.0897 e. The third kappa shape index (κ3) is 6.79. The Kier molecular flexibility index (Phi) is 7.51. The van der Waals surface area contributed by atoms with Crippen LogP contribution in [0.15, 0.2) is 24.3 Å². The Morgan fingerprint density at radius 3 is 2.67 bits per heavy atom. The Balaban J connectivity index is 1.49. The fourth-order valence-electron chi connectivity index (χ4n) is 2.83. The third-order valence-electron chi connectivity index (χ3n) is 4.08. The average molecular weight is 312 g/mol. The summed E-state index contributed by atoms with van der Waals surface area (Å²) in [6.07, 6.45) is 6.35. The Bertz CT molecular complexity index is 390. The Labute approximate surface area is 132 Å². The van der Waals surface area contributed by atoms with E-state index in [9.17, 15) is 5.11 Å². The Hall–Kier alpha value is -0.610. The normalized spacial score (nSPS) is 17.2. The summed E-state index contributed by atoms with van der Waals surface area (Å²) in [5.74, 6) is 0.899. The molecule has 1 aliphatic rings. The van der Waals surface area contributed by atoms with E-state index in [1.165, 1.54) is 32.1 Å². The lowest BCUT2D eigenvalue weighted by Crippen LogP contribution is -2.31. The van der Waals surface area contributed by atoms with Crippen molar-refractivity contribution in [1.82, 2.24) is 5.32 Å². The number of hydrogen-bond donors (Lipinski definition) is 2. The molecule has 1 aromatic rings. The molecule has 0 bridgehead atoms. The summed E-state index contributed by atoms with van der Waals surface area (Å²) >= 11 is 5.83. The van der Waals surface area contributed by atoms with Crippen molar-refractivity contribution in [2.75, 3.05) is 19.7 Å². The molecule has 3 nitrogen and oxygen atoms in total. The minimum Gasteiger partial charge on any atom is -0.389 e. The van der Waals surface area contributed by atoms with Gasteiger partial charge in [-0.25, -0.2) is 0 Å². The Morgan fingerprint density at radius 1 is 1.24 bits per heavy atom. The topological polar surface area (TPSA) is 41.5 Å². The SMILES string of the molecule is OC(CNCCC1CCCC1)COCc1ccc(Cl)cc1. The van der Waals surface area contributed by atoms with Gasteiger partial charge in [-0.1, -0.05) is 49.4 Å². The number of ether oxygens (including phenoxy) is 1. The first kappa shape index (κ1) is 16.8. The van der Waals surface area contributed by atoms with Crippen molar-refractivity contribution in [3.8, 4) is 0 Å². The van der Waals surface area contributed by atoms with Crippen LogP contribution < -0.4 is 5.32 Å². The van der Waals surface area contributed by atoms with Crippen LogP contribution in [-0.4, -0.2) is 30.9 Å². The average Bonchev–Trinajstić information content (AvgIpc) is 2.99. The molecule has 1 aliphatic carbocycles. The molecule has 1 atom stereocenters.